The monoisotopic (exact) mass is 408 g/mol. The van der Waals surface area contributed by atoms with Gasteiger partial charge in [-0.25, -0.2) is 8.78 Å². The summed E-state index contributed by atoms with van der Waals surface area (Å²) in [6.45, 7) is 3.76. The Kier molecular flexibility index (Phi) is 5.12. The second kappa shape index (κ2) is 7.43. The molecule has 1 atom stereocenters. The molecule has 0 N–H and O–H groups in total. The summed E-state index contributed by atoms with van der Waals surface area (Å²) < 4.78 is 26.8. The van der Waals surface area contributed by atoms with Gasteiger partial charge in [-0.15, -0.1) is 10.2 Å². The van der Waals surface area contributed by atoms with E-state index in [4.69, 9.17) is 11.6 Å². The average Bonchev–Trinajstić information content (AvgIpc) is 2.68. The number of benzene rings is 1. The van der Waals surface area contributed by atoms with Crippen LogP contribution in [0.1, 0.15) is 32.6 Å². The minimum Gasteiger partial charge on any atom is -0.348 e. The van der Waals surface area contributed by atoms with Gasteiger partial charge in [-0.2, -0.15) is 0 Å². The highest BCUT2D eigenvalue weighted by Crippen LogP contribution is 2.37. The van der Waals surface area contributed by atoms with Crippen LogP contribution >= 0.6 is 11.6 Å². The fourth-order valence-electron chi connectivity index (χ4n) is 4.29. The first-order valence-corrected chi connectivity index (χ1v) is 10.1. The Morgan fingerprint density at radius 1 is 1.14 bits per heavy atom. The third kappa shape index (κ3) is 3.64. The number of hydrogen-bond donors (Lipinski definition) is 0. The molecule has 2 fully saturated rings. The second-order valence-electron chi connectivity index (χ2n) is 7.82. The molecule has 1 amide bonds. The molecule has 1 saturated heterocycles. The summed E-state index contributed by atoms with van der Waals surface area (Å²) in [5.41, 5.74) is 0. The van der Waals surface area contributed by atoms with Crippen LogP contribution in [-0.4, -0.2) is 52.6 Å². The molecule has 1 aromatic carbocycles. The van der Waals surface area contributed by atoms with Crippen LogP contribution in [0.25, 0.3) is 10.8 Å². The zero-order valence-electron chi connectivity index (χ0n) is 15.7. The van der Waals surface area contributed by atoms with Crippen LogP contribution in [0.5, 0.6) is 0 Å². The predicted molar refractivity (Wildman–Crippen MR) is 105 cm³/mol. The second-order valence-corrected chi connectivity index (χ2v) is 8.17. The number of aromatic nitrogens is 2. The van der Waals surface area contributed by atoms with E-state index in [1.807, 2.05) is 36.1 Å². The number of carbonyl (C=O) groups is 1. The maximum Gasteiger partial charge on any atom is 0.248 e. The Morgan fingerprint density at radius 2 is 1.82 bits per heavy atom. The molecule has 0 unspecified atom stereocenters. The molecule has 1 aliphatic heterocycles. The topological polar surface area (TPSA) is 49.3 Å². The van der Waals surface area contributed by atoms with Crippen molar-refractivity contribution in [1.29, 1.82) is 0 Å². The van der Waals surface area contributed by atoms with Crippen molar-refractivity contribution >= 4 is 34.1 Å². The van der Waals surface area contributed by atoms with Gasteiger partial charge < -0.3 is 9.80 Å². The summed E-state index contributed by atoms with van der Waals surface area (Å²) >= 11 is 6.18. The fraction of sp³-hybridized carbons (Fsp3) is 0.550. The summed E-state index contributed by atoms with van der Waals surface area (Å²) in [6, 6.07) is 7.78. The van der Waals surface area contributed by atoms with E-state index in [1.165, 1.54) is 0 Å². The minimum absolute atomic E-state index is 0.00838. The Morgan fingerprint density at radius 3 is 2.50 bits per heavy atom. The van der Waals surface area contributed by atoms with E-state index in [9.17, 15) is 13.6 Å². The highest BCUT2D eigenvalue weighted by atomic mass is 35.5. The van der Waals surface area contributed by atoms with Gasteiger partial charge in [0, 0.05) is 55.2 Å². The van der Waals surface area contributed by atoms with Gasteiger partial charge in [-0.1, -0.05) is 35.9 Å². The van der Waals surface area contributed by atoms with Crippen molar-refractivity contribution in [2.75, 3.05) is 24.5 Å². The van der Waals surface area contributed by atoms with E-state index in [-0.39, 0.29) is 43.6 Å². The molecule has 0 spiro atoms. The molecule has 1 aromatic heterocycles. The first kappa shape index (κ1) is 19.3. The SMILES string of the molecule is C[C@@H]1CN(C(=O)C2CCC(F)(F)CC2)CCN1c1nnc(Cl)c2ccccc12. The van der Waals surface area contributed by atoms with Crippen LogP contribution < -0.4 is 4.90 Å². The highest BCUT2D eigenvalue weighted by molar-refractivity contribution is 6.34. The van der Waals surface area contributed by atoms with Gasteiger partial charge in [0.15, 0.2) is 11.0 Å². The van der Waals surface area contributed by atoms with Gasteiger partial charge in [-0.3, -0.25) is 4.79 Å². The quantitative estimate of drug-likeness (QED) is 0.749. The van der Waals surface area contributed by atoms with Crippen molar-refractivity contribution in [3.05, 3.63) is 29.4 Å². The zero-order valence-corrected chi connectivity index (χ0v) is 16.5. The van der Waals surface area contributed by atoms with E-state index in [0.29, 0.717) is 24.8 Å². The van der Waals surface area contributed by atoms with Gasteiger partial charge in [0.1, 0.15) is 0 Å². The van der Waals surface area contributed by atoms with Gasteiger partial charge in [0.2, 0.25) is 11.8 Å². The Hall–Kier alpha value is -2.02. The summed E-state index contributed by atoms with van der Waals surface area (Å²) in [5, 5.41) is 10.5. The lowest BCUT2D eigenvalue weighted by Crippen LogP contribution is -2.55. The number of carbonyl (C=O) groups excluding carboxylic acids is 1. The van der Waals surface area contributed by atoms with Gasteiger partial charge >= 0.3 is 0 Å². The molecule has 5 nitrogen and oxygen atoms in total. The van der Waals surface area contributed by atoms with Gasteiger partial charge in [-0.05, 0) is 19.8 Å². The third-order valence-corrected chi connectivity index (χ3v) is 6.18. The average molecular weight is 409 g/mol. The van der Waals surface area contributed by atoms with Crippen molar-refractivity contribution in [1.82, 2.24) is 15.1 Å². The lowest BCUT2D eigenvalue weighted by atomic mass is 9.85. The van der Waals surface area contributed by atoms with Crippen LogP contribution in [0.15, 0.2) is 24.3 Å². The number of rotatable bonds is 2. The lowest BCUT2D eigenvalue weighted by Gasteiger charge is -2.42. The maximum atomic E-state index is 13.4. The minimum atomic E-state index is -2.61. The van der Waals surface area contributed by atoms with E-state index in [1.54, 1.807) is 0 Å². The number of piperazine rings is 1. The number of nitrogens with zero attached hydrogens (tertiary/aromatic N) is 4. The van der Waals surface area contributed by atoms with Crippen LogP contribution in [-0.2, 0) is 4.79 Å². The van der Waals surface area contributed by atoms with E-state index in [2.05, 4.69) is 15.1 Å². The van der Waals surface area contributed by atoms with E-state index < -0.39 is 5.92 Å². The Balaban J connectivity index is 1.48. The van der Waals surface area contributed by atoms with Crippen molar-refractivity contribution < 1.29 is 13.6 Å². The Labute approximate surface area is 167 Å². The smallest absolute Gasteiger partial charge is 0.248 e. The molecule has 4 rings (SSSR count). The number of amides is 1. The first-order valence-electron chi connectivity index (χ1n) is 9.70. The molecule has 0 radical (unpaired) electrons. The summed E-state index contributed by atoms with van der Waals surface area (Å²) in [5.74, 6) is -2.13. The molecule has 1 saturated carbocycles. The molecule has 2 aromatic rings. The van der Waals surface area contributed by atoms with Crippen LogP contribution in [0.3, 0.4) is 0 Å². The maximum absolute atomic E-state index is 13.4. The van der Waals surface area contributed by atoms with Gasteiger partial charge in [0.05, 0.1) is 0 Å². The zero-order chi connectivity index (χ0) is 19.9. The van der Waals surface area contributed by atoms with Gasteiger partial charge in [0.25, 0.3) is 0 Å². The van der Waals surface area contributed by atoms with Crippen molar-refractivity contribution in [2.24, 2.45) is 5.92 Å². The largest absolute Gasteiger partial charge is 0.348 e. The molecule has 2 heterocycles. The van der Waals surface area contributed by atoms with Crippen molar-refractivity contribution in [3.8, 4) is 0 Å². The standard InChI is InChI=1S/C20H23ClF2N4O/c1-13-12-26(19(28)14-6-8-20(22,23)9-7-14)10-11-27(13)18-16-5-3-2-4-15(16)17(21)24-25-18/h2-5,13-14H,6-12H2,1H3/t13-/m1/s1. The Bertz CT molecular complexity index is 884. The summed E-state index contributed by atoms with van der Waals surface area (Å²) in [6.07, 6.45) is 0.165. The molecule has 2 aliphatic rings. The van der Waals surface area contributed by atoms with Crippen LogP contribution in [0, 0.1) is 5.92 Å². The normalized spacial score (nSPS) is 23.2. The van der Waals surface area contributed by atoms with E-state index in [0.717, 1.165) is 16.6 Å². The number of hydrogen-bond acceptors (Lipinski definition) is 4. The van der Waals surface area contributed by atoms with Crippen molar-refractivity contribution in [3.63, 3.8) is 0 Å². The molecule has 28 heavy (non-hydrogen) atoms. The number of fused-ring (bicyclic) bond motifs is 1. The van der Waals surface area contributed by atoms with Crippen LogP contribution in [0.4, 0.5) is 14.6 Å². The van der Waals surface area contributed by atoms with E-state index >= 15 is 0 Å². The predicted octanol–water partition coefficient (Wildman–Crippen LogP) is 4.15. The van der Waals surface area contributed by atoms with Crippen molar-refractivity contribution in [2.45, 2.75) is 44.6 Å². The first-order chi connectivity index (χ1) is 13.4. The molecule has 1 aliphatic carbocycles. The summed E-state index contributed by atoms with van der Waals surface area (Å²) in [7, 11) is 0. The third-order valence-electron chi connectivity index (χ3n) is 5.90. The molecular formula is C20H23ClF2N4O. The molecule has 8 heteroatoms. The number of alkyl halides is 2. The number of anilines is 1. The fourth-order valence-corrected chi connectivity index (χ4v) is 4.49. The molecule has 150 valence electrons. The molecule has 0 bridgehead atoms. The lowest BCUT2D eigenvalue weighted by molar-refractivity contribution is -0.140. The highest BCUT2D eigenvalue weighted by Gasteiger charge is 2.39. The molecular weight excluding hydrogens is 386 g/mol. The summed E-state index contributed by atoms with van der Waals surface area (Å²) in [4.78, 5) is 16.8. The number of halogens is 3. The van der Waals surface area contributed by atoms with Crippen LogP contribution in [0.2, 0.25) is 5.15 Å².